The van der Waals surface area contributed by atoms with E-state index in [1.54, 1.807) is 12.1 Å². The maximum absolute atomic E-state index is 13.6. The number of benzene rings is 1. The van der Waals surface area contributed by atoms with Crippen LogP contribution in [0.25, 0.3) is 0 Å². The average molecular weight is 235 g/mol. The molecule has 3 heteroatoms. The van der Waals surface area contributed by atoms with Gasteiger partial charge in [0, 0.05) is 6.07 Å². The molecule has 2 N–H and O–H groups in total. The van der Waals surface area contributed by atoms with Gasteiger partial charge in [0.1, 0.15) is 11.6 Å². The third-order valence-electron chi connectivity index (χ3n) is 2.48. The first kappa shape index (κ1) is 13.5. The standard InChI is InChI=1S/C14H18FNO/c1-3-12(4-2)17-13-8-7-11(6-5-9-16)14(15)10-13/h7-8,10,12H,3-4,9,16H2,1-2H3. The van der Waals surface area contributed by atoms with Crippen LogP contribution >= 0.6 is 0 Å². The molecule has 0 amide bonds. The highest BCUT2D eigenvalue weighted by atomic mass is 19.1. The molecule has 2 nitrogen and oxygen atoms in total. The van der Waals surface area contributed by atoms with Crippen LogP contribution in [0, 0.1) is 17.7 Å². The van der Waals surface area contributed by atoms with E-state index in [4.69, 9.17) is 10.5 Å². The van der Waals surface area contributed by atoms with Gasteiger partial charge >= 0.3 is 0 Å². The second-order valence-corrected chi connectivity index (χ2v) is 3.70. The Labute approximate surface area is 102 Å². The zero-order valence-corrected chi connectivity index (χ0v) is 10.3. The number of hydrogen-bond acceptors (Lipinski definition) is 2. The summed E-state index contributed by atoms with van der Waals surface area (Å²) in [5.41, 5.74) is 5.59. The minimum atomic E-state index is -0.366. The lowest BCUT2D eigenvalue weighted by Gasteiger charge is -2.15. The van der Waals surface area contributed by atoms with Crippen molar-refractivity contribution < 1.29 is 9.13 Å². The Morgan fingerprint density at radius 2 is 2.06 bits per heavy atom. The summed E-state index contributed by atoms with van der Waals surface area (Å²) >= 11 is 0. The normalized spacial score (nSPS) is 9.94. The maximum Gasteiger partial charge on any atom is 0.142 e. The van der Waals surface area contributed by atoms with Gasteiger partial charge in [0.15, 0.2) is 0 Å². The SMILES string of the molecule is CCC(CC)Oc1ccc(C#CCN)c(F)c1. The van der Waals surface area contributed by atoms with Crippen LogP contribution in [0.15, 0.2) is 18.2 Å². The van der Waals surface area contributed by atoms with E-state index in [9.17, 15) is 4.39 Å². The zero-order valence-electron chi connectivity index (χ0n) is 10.3. The Kier molecular flexibility index (Phi) is 5.51. The molecule has 0 heterocycles. The van der Waals surface area contributed by atoms with Gasteiger partial charge in [-0.2, -0.15) is 0 Å². The van der Waals surface area contributed by atoms with E-state index in [0.717, 1.165) is 12.8 Å². The second-order valence-electron chi connectivity index (χ2n) is 3.70. The van der Waals surface area contributed by atoms with Crippen LogP contribution in [0.2, 0.25) is 0 Å². The van der Waals surface area contributed by atoms with E-state index in [-0.39, 0.29) is 18.5 Å². The van der Waals surface area contributed by atoms with Gasteiger partial charge in [0.2, 0.25) is 0 Å². The van der Waals surface area contributed by atoms with E-state index in [0.29, 0.717) is 11.3 Å². The fourth-order valence-electron chi connectivity index (χ4n) is 1.46. The molecule has 0 bridgehead atoms. The largest absolute Gasteiger partial charge is 0.490 e. The van der Waals surface area contributed by atoms with E-state index >= 15 is 0 Å². The second kappa shape index (κ2) is 6.93. The average Bonchev–Trinajstić information content (AvgIpc) is 2.35. The first-order valence-electron chi connectivity index (χ1n) is 5.86. The molecule has 0 atom stereocenters. The summed E-state index contributed by atoms with van der Waals surface area (Å²) < 4.78 is 19.2. The van der Waals surface area contributed by atoms with Crippen LogP contribution in [0.1, 0.15) is 32.3 Å². The fourth-order valence-corrected chi connectivity index (χ4v) is 1.46. The molecule has 0 unspecified atom stereocenters. The molecule has 0 spiro atoms. The molecule has 0 fully saturated rings. The van der Waals surface area contributed by atoms with Crippen molar-refractivity contribution in [2.75, 3.05) is 6.54 Å². The number of halogens is 1. The minimum Gasteiger partial charge on any atom is -0.490 e. The lowest BCUT2D eigenvalue weighted by Crippen LogP contribution is -2.13. The summed E-state index contributed by atoms with van der Waals surface area (Å²) in [7, 11) is 0. The van der Waals surface area contributed by atoms with Crippen molar-refractivity contribution in [3.8, 4) is 17.6 Å². The first-order chi connectivity index (χ1) is 8.21. The molecule has 17 heavy (non-hydrogen) atoms. The Morgan fingerprint density at radius 3 is 2.59 bits per heavy atom. The molecular weight excluding hydrogens is 217 g/mol. The fraction of sp³-hybridized carbons (Fsp3) is 0.429. The van der Waals surface area contributed by atoms with Crippen LogP contribution < -0.4 is 10.5 Å². The summed E-state index contributed by atoms with van der Waals surface area (Å²) in [5.74, 6) is 5.48. The maximum atomic E-state index is 13.6. The highest BCUT2D eigenvalue weighted by Crippen LogP contribution is 2.19. The van der Waals surface area contributed by atoms with Crippen molar-refractivity contribution in [1.82, 2.24) is 0 Å². The van der Waals surface area contributed by atoms with Crippen molar-refractivity contribution in [2.45, 2.75) is 32.8 Å². The molecule has 1 aromatic rings. The van der Waals surface area contributed by atoms with Crippen molar-refractivity contribution >= 4 is 0 Å². The van der Waals surface area contributed by atoms with Crippen LogP contribution in [-0.4, -0.2) is 12.6 Å². The number of rotatable bonds is 4. The van der Waals surface area contributed by atoms with Gasteiger partial charge in [-0.25, -0.2) is 4.39 Å². The Balaban J connectivity index is 2.81. The first-order valence-corrected chi connectivity index (χ1v) is 5.86. The summed E-state index contributed by atoms with van der Waals surface area (Å²) in [6, 6.07) is 4.73. The van der Waals surface area contributed by atoms with Crippen molar-refractivity contribution in [3.63, 3.8) is 0 Å². The van der Waals surface area contributed by atoms with Crippen LogP contribution in [0.4, 0.5) is 4.39 Å². The number of nitrogens with two attached hydrogens (primary N) is 1. The number of hydrogen-bond donors (Lipinski definition) is 1. The third kappa shape index (κ3) is 4.08. The van der Waals surface area contributed by atoms with Gasteiger partial charge in [0.25, 0.3) is 0 Å². The Bertz CT molecular complexity index is 416. The third-order valence-corrected chi connectivity index (χ3v) is 2.48. The van der Waals surface area contributed by atoms with Crippen LogP contribution in [-0.2, 0) is 0 Å². The highest BCUT2D eigenvalue weighted by molar-refractivity contribution is 5.39. The van der Waals surface area contributed by atoms with Gasteiger partial charge < -0.3 is 10.5 Å². The van der Waals surface area contributed by atoms with E-state index < -0.39 is 0 Å². The van der Waals surface area contributed by atoms with Gasteiger partial charge in [-0.15, -0.1) is 0 Å². The summed E-state index contributed by atoms with van der Waals surface area (Å²) in [6.45, 7) is 4.32. The lowest BCUT2D eigenvalue weighted by atomic mass is 10.2. The van der Waals surface area contributed by atoms with Gasteiger partial charge in [-0.05, 0) is 25.0 Å². The molecule has 0 saturated carbocycles. The lowest BCUT2D eigenvalue weighted by molar-refractivity contribution is 0.192. The van der Waals surface area contributed by atoms with Gasteiger partial charge in [0.05, 0.1) is 18.2 Å². The van der Waals surface area contributed by atoms with E-state index in [1.807, 2.05) is 13.8 Å². The predicted octanol–water partition coefficient (Wildman–Crippen LogP) is 2.70. The quantitative estimate of drug-likeness (QED) is 0.814. The summed E-state index contributed by atoms with van der Waals surface area (Å²) in [6.07, 6.45) is 1.95. The molecule has 1 rings (SSSR count). The molecule has 1 aromatic carbocycles. The van der Waals surface area contributed by atoms with Crippen molar-refractivity contribution in [3.05, 3.63) is 29.6 Å². The Hall–Kier alpha value is -1.53. The van der Waals surface area contributed by atoms with Crippen molar-refractivity contribution in [1.29, 1.82) is 0 Å². The monoisotopic (exact) mass is 235 g/mol. The molecule has 0 aliphatic carbocycles. The molecule has 0 radical (unpaired) electrons. The smallest absolute Gasteiger partial charge is 0.142 e. The number of ether oxygens (including phenoxy) is 1. The topological polar surface area (TPSA) is 35.2 Å². The molecular formula is C14H18FNO. The molecule has 0 aromatic heterocycles. The molecule has 92 valence electrons. The highest BCUT2D eigenvalue weighted by Gasteiger charge is 2.07. The minimum absolute atomic E-state index is 0.135. The van der Waals surface area contributed by atoms with E-state index in [1.165, 1.54) is 6.07 Å². The molecule has 0 saturated heterocycles. The van der Waals surface area contributed by atoms with Crippen molar-refractivity contribution in [2.24, 2.45) is 5.73 Å². The molecule has 0 aliphatic heterocycles. The van der Waals surface area contributed by atoms with Crippen LogP contribution in [0.3, 0.4) is 0 Å². The predicted molar refractivity (Wildman–Crippen MR) is 67.3 cm³/mol. The van der Waals surface area contributed by atoms with Gasteiger partial charge in [-0.3, -0.25) is 0 Å². The Morgan fingerprint density at radius 1 is 1.35 bits per heavy atom. The summed E-state index contributed by atoms with van der Waals surface area (Å²) in [4.78, 5) is 0. The van der Waals surface area contributed by atoms with E-state index in [2.05, 4.69) is 11.8 Å². The van der Waals surface area contributed by atoms with Crippen LogP contribution in [0.5, 0.6) is 5.75 Å². The summed E-state index contributed by atoms with van der Waals surface area (Å²) in [5, 5.41) is 0. The van der Waals surface area contributed by atoms with Gasteiger partial charge in [-0.1, -0.05) is 25.7 Å². The molecule has 0 aliphatic rings. The zero-order chi connectivity index (χ0) is 12.7.